The van der Waals surface area contributed by atoms with Crippen LogP contribution < -0.4 is 10.2 Å². The van der Waals surface area contributed by atoms with E-state index in [1.165, 1.54) is 11.3 Å². The number of hydrogen-bond acceptors (Lipinski definition) is 3. The molecule has 0 fully saturated rings. The lowest BCUT2D eigenvalue weighted by Crippen LogP contribution is -2.22. The number of nitrogens with one attached hydrogen (secondary N) is 1. The van der Waals surface area contributed by atoms with Crippen LogP contribution in [0.15, 0.2) is 24.3 Å². The maximum absolute atomic E-state index is 5.60. The lowest BCUT2D eigenvalue weighted by Gasteiger charge is -2.18. The Bertz CT molecular complexity index is 309. The quantitative estimate of drug-likeness (QED) is 0.736. The van der Waals surface area contributed by atoms with Crippen molar-refractivity contribution in [2.24, 2.45) is 0 Å². The van der Waals surface area contributed by atoms with Crippen molar-refractivity contribution in [2.75, 3.05) is 39.3 Å². The zero-order chi connectivity index (χ0) is 12.7. The van der Waals surface area contributed by atoms with Gasteiger partial charge in [0.05, 0.1) is 12.6 Å². The summed E-state index contributed by atoms with van der Waals surface area (Å²) in [5.74, 6) is 0. The molecule has 0 amide bonds. The fourth-order valence-electron chi connectivity index (χ4n) is 1.70. The summed E-state index contributed by atoms with van der Waals surface area (Å²) >= 11 is 0. The third-order valence-corrected chi connectivity index (χ3v) is 2.79. The summed E-state index contributed by atoms with van der Waals surface area (Å²) in [4.78, 5) is 2.10. The van der Waals surface area contributed by atoms with Crippen molar-refractivity contribution in [1.82, 2.24) is 5.32 Å². The first-order valence-electron chi connectivity index (χ1n) is 6.21. The minimum Gasteiger partial charge on any atom is -0.379 e. The van der Waals surface area contributed by atoms with Crippen LogP contribution in [0.4, 0.5) is 5.69 Å². The van der Waals surface area contributed by atoms with Crippen molar-refractivity contribution in [3.63, 3.8) is 0 Å². The Hall–Kier alpha value is -1.06. The molecule has 0 heterocycles. The van der Waals surface area contributed by atoms with Crippen LogP contribution in [0.5, 0.6) is 0 Å². The molecule has 1 atom stereocenters. The highest BCUT2D eigenvalue weighted by Crippen LogP contribution is 2.18. The van der Waals surface area contributed by atoms with E-state index in [4.69, 9.17) is 4.74 Å². The van der Waals surface area contributed by atoms with E-state index in [1.54, 1.807) is 0 Å². The first-order chi connectivity index (χ1) is 8.19. The molecule has 1 unspecified atom stereocenters. The highest BCUT2D eigenvalue weighted by atomic mass is 16.5. The Morgan fingerprint density at radius 1 is 1.24 bits per heavy atom. The van der Waals surface area contributed by atoms with Gasteiger partial charge in [-0.1, -0.05) is 19.1 Å². The Morgan fingerprint density at radius 3 is 2.35 bits per heavy atom. The lowest BCUT2D eigenvalue weighted by atomic mass is 10.1. The second-order valence-corrected chi connectivity index (χ2v) is 4.40. The molecule has 3 nitrogen and oxygen atoms in total. The standard InChI is InChI=1S/C14H24N2O/c1-5-10-17-11-14(15-2)12-6-8-13(9-7-12)16(3)4/h6-9,14-15H,5,10-11H2,1-4H3. The zero-order valence-electron chi connectivity index (χ0n) is 11.4. The number of ether oxygens (including phenoxy) is 1. The minimum atomic E-state index is 0.276. The first-order valence-corrected chi connectivity index (χ1v) is 6.21. The number of anilines is 1. The van der Waals surface area contributed by atoms with Gasteiger partial charge < -0.3 is 15.0 Å². The number of rotatable bonds is 7. The van der Waals surface area contributed by atoms with Crippen molar-refractivity contribution < 1.29 is 4.74 Å². The third-order valence-electron chi connectivity index (χ3n) is 2.79. The molecule has 0 saturated heterocycles. The van der Waals surface area contributed by atoms with Crippen LogP contribution >= 0.6 is 0 Å². The molecular formula is C14H24N2O. The molecule has 1 aromatic carbocycles. The van der Waals surface area contributed by atoms with E-state index >= 15 is 0 Å². The van der Waals surface area contributed by atoms with Crippen LogP contribution in [0.1, 0.15) is 24.9 Å². The van der Waals surface area contributed by atoms with Gasteiger partial charge in [0.25, 0.3) is 0 Å². The summed E-state index contributed by atoms with van der Waals surface area (Å²) in [7, 11) is 6.07. The van der Waals surface area contributed by atoms with Gasteiger partial charge in [0.1, 0.15) is 0 Å². The average molecular weight is 236 g/mol. The summed E-state index contributed by atoms with van der Waals surface area (Å²) in [6, 6.07) is 8.87. The maximum Gasteiger partial charge on any atom is 0.0661 e. The molecule has 0 radical (unpaired) electrons. The second kappa shape index (κ2) is 7.30. The van der Waals surface area contributed by atoms with Crippen molar-refractivity contribution >= 4 is 5.69 Å². The SMILES string of the molecule is CCCOCC(NC)c1ccc(N(C)C)cc1. The predicted molar refractivity (Wildman–Crippen MR) is 73.7 cm³/mol. The van der Waals surface area contributed by atoms with Gasteiger partial charge >= 0.3 is 0 Å². The Labute approximate surface area is 105 Å². The second-order valence-electron chi connectivity index (χ2n) is 4.40. The number of nitrogens with zero attached hydrogens (tertiary/aromatic N) is 1. The molecule has 96 valence electrons. The molecular weight excluding hydrogens is 212 g/mol. The highest BCUT2D eigenvalue weighted by Gasteiger charge is 2.09. The molecule has 0 saturated carbocycles. The van der Waals surface area contributed by atoms with Crippen LogP contribution in [0.2, 0.25) is 0 Å². The van der Waals surface area contributed by atoms with Crippen LogP contribution in [0, 0.1) is 0 Å². The number of likely N-dealkylation sites (N-methyl/N-ethyl adjacent to an activating group) is 1. The van der Waals surface area contributed by atoms with Crippen molar-refractivity contribution in [3.8, 4) is 0 Å². The Morgan fingerprint density at radius 2 is 1.88 bits per heavy atom. The van der Waals surface area contributed by atoms with E-state index in [-0.39, 0.29) is 6.04 Å². The summed E-state index contributed by atoms with van der Waals surface area (Å²) in [5, 5.41) is 3.29. The van der Waals surface area contributed by atoms with Crippen LogP contribution in [0.25, 0.3) is 0 Å². The van der Waals surface area contributed by atoms with E-state index in [1.807, 2.05) is 7.05 Å². The van der Waals surface area contributed by atoms with E-state index in [0.717, 1.165) is 19.6 Å². The van der Waals surface area contributed by atoms with Crippen LogP contribution in [0.3, 0.4) is 0 Å². The van der Waals surface area contributed by atoms with Crippen molar-refractivity contribution in [2.45, 2.75) is 19.4 Å². The molecule has 3 heteroatoms. The van der Waals surface area contributed by atoms with Crippen LogP contribution in [-0.4, -0.2) is 34.4 Å². The Kier molecular flexibility index (Phi) is 6.01. The highest BCUT2D eigenvalue weighted by molar-refractivity contribution is 5.46. The number of hydrogen-bond donors (Lipinski definition) is 1. The number of benzene rings is 1. The van der Waals surface area contributed by atoms with Gasteiger partial charge in [0.2, 0.25) is 0 Å². The van der Waals surface area contributed by atoms with Crippen LogP contribution in [-0.2, 0) is 4.74 Å². The maximum atomic E-state index is 5.60. The smallest absolute Gasteiger partial charge is 0.0661 e. The van der Waals surface area contributed by atoms with Crippen molar-refractivity contribution in [3.05, 3.63) is 29.8 Å². The first kappa shape index (κ1) is 14.0. The summed E-state index contributed by atoms with van der Waals surface area (Å²) < 4.78 is 5.60. The molecule has 0 aromatic heterocycles. The monoisotopic (exact) mass is 236 g/mol. The van der Waals surface area contributed by atoms with Gasteiger partial charge in [-0.05, 0) is 31.2 Å². The summed E-state index contributed by atoms with van der Waals surface area (Å²) in [5.41, 5.74) is 2.49. The lowest BCUT2D eigenvalue weighted by molar-refractivity contribution is 0.114. The molecule has 17 heavy (non-hydrogen) atoms. The predicted octanol–water partition coefficient (Wildman–Crippen LogP) is 2.44. The average Bonchev–Trinajstić information content (AvgIpc) is 2.35. The molecule has 0 aliphatic carbocycles. The van der Waals surface area contributed by atoms with Gasteiger partial charge in [-0.15, -0.1) is 0 Å². The van der Waals surface area contributed by atoms with Gasteiger partial charge in [-0.3, -0.25) is 0 Å². The fourth-order valence-corrected chi connectivity index (χ4v) is 1.70. The summed E-state index contributed by atoms with van der Waals surface area (Å²) in [6.07, 6.45) is 1.07. The van der Waals surface area contributed by atoms with E-state index in [2.05, 4.69) is 55.5 Å². The third kappa shape index (κ3) is 4.36. The van der Waals surface area contributed by atoms with Crippen molar-refractivity contribution in [1.29, 1.82) is 0 Å². The normalized spacial score (nSPS) is 12.5. The Balaban J connectivity index is 2.62. The van der Waals surface area contributed by atoms with Gasteiger partial charge in [-0.25, -0.2) is 0 Å². The zero-order valence-corrected chi connectivity index (χ0v) is 11.4. The van der Waals surface area contributed by atoms with Gasteiger partial charge in [-0.2, -0.15) is 0 Å². The van der Waals surface area contributed by atoms with Gasteiger partial charge in [0, 0.05) is 26.4 Å². The molecule has 0 aliphatic rings. The topological polar surface area (TPSA) is 24.5 Å². The molecule has 0 bridgehead atoms. The van der Waals surface area contributed by atoms with E-state index < -0.39 is 0 Å². The van der Waals surface area contributed by atoms with Gasteiger partial charge in [0.15, 0.2) is 0 Å². The molecule has 0 spiro atoms. The molecule has 1 rings (SSSR count). The largest absolute Gasteiger partial charge is 0.379 e. The van der Waals surface area contributed by atoms with E-state index in [9.17, 15) is 0 Å². The molecule has 1 N–H and O–H groups in total. The molecule has 0 aliphatic heterocycles. The van der Waals surface area contributed by atoms with E-state index in [0.29, 0.717) is 0 Å². The fraction of sp³-hybridized carbons (Fsp3) is 0.571. The molecule has 1 aromatic rings. The summed E-state index contributed by atoms with van der Waals surface area (Å²) in [6.45, 7) is 3.68. The minimum absolute atomic E-state index is 0.276.